The molecule has 24 heavy (non-hydrogen) atoms. The maximum atomic E-state index is 6.06. The van der Waals surface area contributed by atoms with Crippen molar-refractivity contribution in [2.24, 2.45) is 0 Å². The third kappa shape index (κ3) is 4.79. The molecule has 0 aliphatic carbocycles. The van der Waals surface area contributed by atoms with E-state index in [9.17, 15) is 0 Å². The van der Waals surface area contributed by atoms with Crippen LogP contribution in [0, 0.1) is 0 Å². The number of unbranched alkanes of at least 4 members (excludes halogenated alkanes) is 1. The highest BCUT2D eigenvalue weighted by Crippen LogP contribution is 2.41. The lowest BCUT2D eigenvalue weighted by Crippen LogP contribution is -2.02. The van der Waals surface area contributed by atoms with E-state index in [1.165, 1.54) is 12.8 Å². The van der Waals surface area contributed by atoms with Gasteiger partial charge in [0.1, 0.15) is 5.75 Å². The summed E-state index contributed by atoms with van der Waals surface area (Å²) in [5.74, 6) is 2.36. The van der Waals surface area contributed by atoms with Crippen molar-refractivity contribution in [2.45, 2.75) is 44.4 Å². The number of alkyl halides is 1. The summed E-state index contributed by atoms with van der Waals surface area (Å²) in [6, 6.07) is 10.1. The molecule has 0 fully saturated rings. The summed E-state index contributed by atoms with van der Waals surface area (Å²) in [7, 11) is 1.66. The minimum absolute atomic E-state index is 0.603. The molecule has 2 aromatic rings. The van der Waals surface area contributed by atoms with E-state index in [2.05, 4.69) is 28.9 Å². The van der Waals surface area contributed by atoms with Crippen LogP contribution in [0.4, 0.5) is 0 Å². The molecule has 4 heteroatoms. The SMILES string of the molecule is CCOc1c(OC)cc(OCCCCC(Br)CC)c2ccccc12. The van der Waals surface area contributed by atoms with Crippen LogP contribution in [0.1, 0.15) is 39.5 Å². The third-order valence-corrected chi connectivity index (χ3v) is 5.15. The third-order valence-electron chi connectivity index (χ3n) is 4.04. The Balaban J connectivity index is 2.13. The van der Waals surface area contributed by atoms with E-state index in [0.29, 0.717) is 18.0 Å². The molecule has 1 unspecified atom stereocenters. The van der Waals surface area contributed by atoms with Gasteiger partial charge in [0, 0.05) is 21.7 Å². The molecule has 0 amide bonds. The standard InChI is InChI=1S/C20H27BrO3/c1-4-15(21)10-8-9-13-24-18-14-19(22-3)20(23-5-2)17-12-7-6-11-16(17)18/h6-7,11-12,14-15H,4-5,8-10,13H2,1-3H3. The predicted molar refractivity (Wildman–Crippen MR) is 104 cm³/mol. The van der Waals surface area contributed by atoms with Gasteiger partial charge in [-0.15, -0.1) is 0 Å². The number of rotatable bonds is 10. The van der Waals surface area contributed by atoms with Gasteiger partial charge in [0.25, 0.3) is 0 Å². The summed E-state index contributed by atoms with van der Waals surface area (Å²) in [6.07, 6.45) is 4.57. The van der Waals surface area contributed by atoms with Crippen molar-refractivity contribution >= 4 is 26.7 Å². The van der Waals surface area contributed by atoms with Crippen molar-refractivity contribution in [3.05, 3.63) is 30.3 Å². The first-order valence-corrected chi connectivity index (χ1v) is 9.62. The van der Waals surface area contributed by atoms with E-state index in [0.717, 1.165) is 40.9 Å². The summed E-state index contributed by atoms with van der Waals surface area (Å²) < 4.78 is 17.4. The molecule has 0 radical (unpaired) electrons. The maximum absolute atomic E-state index is 6.06. The van der Waals surface area contributed by atoms with Gasteiger partial charge in [-0.05, 0) is 32.6 Å². The number of benzene rings is 2. The average Bonchev–Trinajstić information content (AvgIpc) is 2.62. The van der Waals surface area contributed by atoms with Crippen LogP contribution in [0.5, 0.6) is 17.2 Å². The molecule has 0 aliphatic heterocycles. The molecular weight excluding hydrogens is 368 g/mol. The Morgan fingerprint density at radius 3 is 2.42 bits per heavy atom. The van der Waals surface area contributed by atoms with Crippen LogP contribution >= 0.6 is 15.9 Å². The lowest BCUT2D eigenvalue weighted by atomic mass is 10.1. The molecule has 2 rings (SSSR count). The molecule has 1 atom stereocenters. The Hall–Kier alpha value is -1.42. The molecule has 0 aliphatic rings. The van der Waals surface area contributed by atoms with Crippen LogP contribution in [0.25, 0.3) is 10.8 Å². The molecule has 0 spiro atoms. The summed E-state index contributed by atoms with van der Waals surface area (Å²) in [6.45, 7) is 5.50. The Morgan fingerprint density at radius 1 is 1.00 bits per heavy atom. The van der Waals surface area contributed by atoms with Crippen LogP contribution in [0.15, 0.2) is 30.3 Å². The van der Waals surface area contributed by atoms with Crippen LogP contribution in [-0.4, -0.2) is 25.2 Å². The molecule has 0 bridgehead atoms. The second kappa shape index (κ2) is 9.77. The zero-order chi connectivity index (χ0) is 17.4. The fourth-order valence-electron chi connectivity index (χ4n) is 2.71. The lowest BCUT2D eigenvalue weighted by Gasteiger charge is -2.16. The second-order valence-corrected chi connectivity index (χ2v) is 7.03. The first-order chi connectivity index (χ1) is 11.7. The second-order valence-electron chi connectivity index (χ2n) is 5.73. The average molecular weight is 395 g/mol. The van der Waals surface area contributed by atoms with Crippen molar-refractivity contribution < 1.29 is 14.2 Å². The first kappa shape index (κ1) is 18.9. The number of ether oxygens (including phenoxy) is 3. The zero-order valence-electron chi connectivity index (χ0n) is 14.8. The molecule has 0 saturated heterocycles. The molecule has 0 aromatic heterocycles. The minimum Gasteiger partial charge on any atom is -0.493 e. The fourth-order valence-corrected chi connectivity index (χ4v) is 3.03. The molecular formula is C20H27BrO3. The van der Waals surface area contributed by atoms with Gasteiger partial charge in [-0.3, -0.25) is 0 Å². The van der Waals surface area contributed by atoms with Crippen molar-refractivity contribution in [3.8, 4) is 17.2 Å². The summed E-state index contributed by atoms with van der Waals surface area (Å²) in [5.41, 5.74) is 0. The van der Waals surface area contributed by atoms with Gasteiger partial charge in [-0.1, -0.05) is 47.1 Å². The van der Waals surface area contributed by atoms with Crippen molar-refractivity contribution in [1.29, 1.82) is 0 Å². The van der Waals surface area contributed by atoms with E-state index >= 15 is 0 Å². The Bertz CT molecular complexity index is 642. The highest BCUT2D eigenvalue weighted by Gasteiger charge is 2.14. The largest absolute Gasteiger partial charge is 0.493 e. The van der Waals surface area contributed by atoms with Crippen LogP contribution in [0.2, 0.25) is 0 Å². The molecule has 3 nitrogen and oxygen atoms in total. The smallest absolute Gasteiger partial charge is 0.169 e. The number of methoxy groups -OCH3 is 1. The Morgan fingerprint density at radius 2 is 1.75 bits per heavy atom. The Labute approximate surface area is 153 Å². The molecule has 132 valence electrons. The van der Waals surface area contributed by atoms with Crippen LogP contribution < -0.4 is 14.2 Å². The van der Waals surface area contributed by atoms with E-state index in [4.69, 9.17) is 14.2 Å². The zero-order valence-corrected chi connectivity index (χ0v) is 16.4. The van der Waals surface area contributed by atoms with E-state index in [1.54, 1.807) is 7.11 Å². The Kier molecular flexibility index (Phi) is 7.70. The topological polar surface area (TPSA) is 27.7 Å². The fraction of sp³-hybridized carbons (Fsp3) is 0.500. The summed E-state index contributed by atoms with van der Waals surface area (Å²) in [5, 5.41) is 2.09. The van der Waals surface area contributed by atoms with Crippen LogP contribution in [-0.2, 0) is 0 Å². The highest BCUT2D eigenvalue weighted by atomic mass is 79.9. The first-order valence-electron chi connectivity index (χ1n) is 8.70. The quantitative estimate of drug-likeness (QED) is 0.366. The van der Waals surface area contributed by atoms with Crippen molar-refractivity contribution in [1.82, 2.24) is 0 Å². The van der Waals surface area contributed by atoms with Crippen molar-refractivity contribution in [3.63, 3.8) is 0 Å². The van der Waals surface area contributed by atoms with Gasteiger partial charge in [0.05, 0.1) is 20.3 Å². The monoisotopic (exact) mass is 394 g/mol. The molecule has 0 N–H and O–H groups in total. The van der Waals surface area contributed by atoms with E-state index in [-0.39, 0.29) is 0 Å². The van der Waals surface area contributed by atoms with Gasteiger partial charge < -0.3 is 14.2 Å². The van der Waals surface area contributed by atoms with E-state index in [1.807, 2.05) is 31.2 Å². The van der Waals surface area contributed by atoms with Crippen molar-refractivity contribution in [2.75, 3.05) is 20.3 Å². The van der Waals surface area contributed by atoms with Gasteiger partial charge in [-0.2, -0.15) is 0 Å². The summed E-state index contributed by atoms with van der Waals surface area (Å²) in [4.78, 5) is 0.615. The van der Waals surface area contributed by atoms with E-state index < -0.39 is 0 Å². The minimum atomic E-state index is 0.603. The van der Waals surface area contributed by atoms with Gasteiger partial charge >= 0.3 is 0 Å². The lowest BCUT2D eigenvalue weighted by molar-refractivity contribution is 0.298. The van der Waals surface area contributed by atoms with Crippen LogP contribution in [0.3, 0.4) is 0 Å². The van der Waals surface area contributed by atoms with Gasteiger partial charge in [0.15, 0.2) is 11.5 Å². The molecule has 0 heterocycles. The molecule has 0 saturated carbocycles. The number of fused-ring (bicyclic) bond motifs is 1. The number of hydrogen-bond donors (Lipinski definition) is 0. The molecule has 2 aromatic carbocycles. The maximum Gasteiger partial charge on any atom is 0.169 e. The highest BCUT2D eigenvalue weighted by molar-refractivity contribution is 9.09. The number of halogens is 1. The van der Waals surface area contributed by atoms with Gasteiger partial charge in [0.2, 0.25) is 0 Å². The predicted octanol–water partition coefficient (Wildman–Crippen LogP) is 5.97. The van der Waals surface area contributed by atoms with Gasteiger partial charge in [-0.25, -0.2) is 0 Å². The number of hydrogen-bond acceptors (Lipinski definition) is 3. The summed E-state index contributed by atoms with van der Waals surface area (Å²) >= 11 is 3.68. The normalized spacial score (nSPS) is 12.2.